The highest BCUT2D eigenvalue weighted by molar-refractivity contribution is 5.76. The molecular formula is C23H31N5O3. The number of aryl methyl sites for hydroxylation is 1. The predicted octanol–water partition coefficient (Wildman–Crippen LogP) is 0.556. The van der Waals surface area contributed by atoms with E-state index in [1.54, 1.807) is 23.4 Å². The highest BCUT2D eigenvalue weighted by Crippen LogP contribution is 2.25. The number of nitrogens with zero attached hydrogens (tertiary/aromatic N) is 5. The number of carbonyl (C=O) groups is 1. The van der Waals surface area contributed by atoms with Crippen LogP contribution in [0.5, 0.6) is 0 Å². The molecule has 0 bridgehead atoms. The molecule has 1 aromatic carbocycles. The highest BCUT2D eigenvalue weighted by atomic mass is 16.3. The lowest BCUT2D eigenvalue weighted by Crippen LogP contribution is -2.64. The minimum atomic E-state index is -1.31. The van der Waals surface area contributed by atoms with Crippen LogP contribution in [0.15, 0.2) is 48.8 Å². The quantitative estimate of drug-likeness (QED) is 0.698. The third-order valence-electron chi connectivity index (χ3n) is 6.29. The maximum Gasteiger partial charge on any atom is 0.225 e. The van der Waals surface area contributed by atoms with Crippen molar-refractivity contribution in [2.24, 2.45) is 0 Å². The topological polar surface area (TPSA) is 93.0 Å². The third-order valence-corrected chi connectivity index (χ3v) is 6.29. The van der Waals surface area contributed by atoms with Crippen molar-refractivity contribution in [1.29, 1.82) is 0 Å². The molecule has 2 fully saturated rings. The number of amides is 1. The fourth-order valence-corrected chi connectivity index (χ4v) is 4.43. The first-order valence-corrected chi connectivity index (χ1v) is 11.0. The maximum absolute atomic E-state index is 12.8. The molecule has 8 heteroatoms. The Bertz CT molecular complexity index is 845. The van der Waals surface area contributed by atoms with Crippen LogP contribution in [0.1, 0.15) is 18.4 Å². The molecule has 0 saturated carbocycles. The lowest BCUT2D eigenvalue weighted by molar-refractivity contribution is -0.156. The maximum atomic E-state index is 12.8. The second-order valence-electron chi connectivity index (χ2n) is 8.52. The number of aliphatic hydroxyl groups is 2. The molecule has 166 valence electrons. The van der Waals surface area contributed by atoms with Crippen LogP contribution in [-0.4, -0.2) is 93.4 Å². The molecule has 1 aromatic heterocycles. The first kappa shape index (κ1) is 21.7. The zero-order valence-electron chi connectivity index (χ0n) is 17.8. The van der Waals surface area contributed by atoms with Crippen molar-refractivity contribution in [2.45, 2.75) is 31.0 Å². The number of hydrogen-bond donors (Lipinski definition) is 2. The van der Waals surface area contributed by atoms with Gasteiger partial charge in [-0.15, -0.1) is 0 Å². The number of carbonyl (C=O) groups excluding carboxylic acids is 1. The van der Waals surface area contributed by atoms with Crippen molar-refractivity contribution < 1.29 is 15.0 Å². The molecule has 2 aromatic rings. The average Bonchev–Trinajstić information content (AvgIpc) is 2.81. The summed E-state index contributed by atoms with van der Waals surface area (Å²) < 4.78 is 0. The molecule has 0 aliphatic carbocycles. The average molecular weight is 426 g/mol. The standard InChI is InChI=1S/C23H31N5O3/c29-20-9-12-28(21(30)8-7-19-5-2-1-3-6-19)18-23(20,31)17-26-13-15-27(16-14-26)22-24-10-4-11-25-22/h1-6,10-11,20,29,31H,7-9,12-18H2/t20-,23+/m1/s1. The summed E-state index contributed by atoms with van der Waals surface area (Å²) in [5, 5.41) is 21.8. The van der Waals surface area contributed by atoms with Gasteiger partial charge in [0, 0.05) is 58.1 Å². The van der Waals surface area contributed by atoms with E-state index in [2.05, 4.69) is 19.8 Å². The smallest absolute Gasteiger partial charge is 0.225 e. The fraction of sp³-hybridized carbons (Fsp3) is 0.522. The number of hydrogen-bond acceptors (Lipinski definition) is 7. The molecule has 0 unspecified atom stereocenters. The normalized spacial score (nSPS) is 24.9. The van der Waals surface area contributed by atoms with Crippen molar-refractivity contribution in [3.63, 3.8) is 0 Å². The molecule has 2 aliphatic heterocycles. The van der Waals surface area contributed by atoms with Gasteiger partial charge in [-0.2, -0.15) is 0 Å². The van der Waals surface area contributed by atoms with E-state index in [0.717, 1.165) is 31.7 Å². The molecule has 0 radical (unpaired) electrons. The Labute approximate surface area is 183 Å². The van der Waals surface area contributed by atoms with E-state index in [9.17, 15) is 15.0 Å². The summed E-state index contributed by atoms with van der Waals surface area (Å²) in [6, 6.07) is 11.7. The summed E-state index contributed by atoms with van der Waals surface area (Å²) >= 11 is 0. The number of benzene rings is 1. The summed E-state index contributed by atoms with van der Waals surface area (Å²) in [5.74, 6) is 0.744. The van der Waals surface area contributed by atoms with Crippen LogP contribution in [0.2, 0.25) is 0 Å². The number of aliphatic hydroxyl groups excluding tert-OH is 1. The van der Waals surface area contributed by atoms with E-state index in [1.807, 2.05) is 30.3 Å². The minimum Gasteiger partial charge on any atom is -0.390 e. The summed E-state index contributed by atoms with van der Waals surface area (Å²) in [5.41, 5.74) is -0.185. The molecule has 2 atom stereocenters. The van der Waals surface area contributed by atoms with Gasteiger partial charge in [0.2, 0.25) is 11.9 Å². The van der Waals surface area contributed by atoms with Crippen molar-refractivity contribution >= 4 is 11.9 Å². The van der Waals surface area contributed by atoms with Crippen LogP contribution in [-0.2, 0) is 11.2 Å². The van der Waals surface area contributed by atoms with Crippen LogP contribution in [0.3, 0.4) is 0 Å². The van der Waals surface area contributed by atoms with E-state index >= 15 is 0 Å². The summed E-state index contributed by atoms with van der Waals surface area (Å²) in [7, 11) is 0. The number of likely N-dealkylation sites (tertiary alicyclic amines) is 1. The van der Waals surface area contributed by atoms with Crippen LogP contribution in [0.4, 0.5) is 5.95 Å². The van der Waals surface area contributed by atoms with E-state index < -0.39 is 11.7 Å². The van der Waals surface area contributed by atoms with Gasteiger partial charge in [0.25, 0.3) is 0 Å². The fourth-order valence-electron chi connectivity index (χ4n) is 4.43. The molecule has 0 spiro atoms. The van der Waals surface area contributed by atoms with Gasteiger partial charge in [-0.05, 0) is 24.5 Å². The van der Waals surface area contributed by atoms with E-state index in [-0.39, 0.29) is 12.5 Å². The first-order chi connectivity index (χ1) is 15.0. The lowest BCUT2D eigenvalue weighted by atomic mass is 9.88. The molecular weight excluding hydrogens is 394 g/mol. The van der Waals surface area contributed by atoms with E-state index in [1.165, 1.54) is 0 Å². The van der Waals surface area contributed by atoms with Crippen LogP contribution in [0, 0.1) is 0 Å². The van der Waals surface area contributed by atoms with Crippen LogP contribution < -0.4 is 4.90 Å². The summed E-state index contributed by atoms with van der Waals surface area (Å²) in [6.45, 7) is 4.01. The predicted molar refractivity (Wildman–Crippen MR) is 118 cm³/mol. The SMILES string of the molecule is O=C(CCc1ccccc1)N1CC[C@@H](O)[C@](O)(CN2CCN(c3ncccn3)CC2)C1. The third kappa shape index (κ3) is 5.39. The van der Waals surface area contributed by atoms with Crippen molar-refractivity contribution in [3.05, 3.63) is 54.4 Å². The Balaban J connectivity index is 1.30. The summed E-state index contributed by atoms with van der Waals surface area (Å²) in [4.78, 5) is 27.3. The molecule has 4 rings (SSSR count). The second-order valence-corrected chi connectivity index (χ2v) is 8.52. The van der Waals surface area contributed by atoms with Gasteiger partial charge < -0.3 is 20.0 Å². The number of piperidine rings is 1. The Morgan fingerprint density at radius 3 is 2.45 bits per heavy atom. The first-order valence-electron chi connectivity index (χ1n) is 11.0. The lowest BCUT2D eigenvalue weighted by Gasteiger charge is -2.46. The molecule has 2 aliphatic rings. The van der Waals surface area contributed by atoms with Crippen LogP contribution >= 0.6 is 0 Å². The Morgan fingerprint density at radius 2 is 1.74 bits per heavy atom. The second kappa shape index (κ2) is 9.72. The van der Waals surface area contributed by atoms with Crippen molar-refractivity contribution in [2.75, 3.05) is 50.7 Å². The van der Waals surface area contributed by atoms with Gasteiger partial charge >= 0.3 is 0 Å². The number of aromatic nitrogens is 2. The van der Waals surface area contributed by atoms with Gasteiger partial charge in [0.15, 0.2) is 0 Å². The molecule has 1 amide bonds. The minimum absolute atomic E-state index is 0.0280. The highest BCUT2D eigenvalue weighted by Gasteiger charge is 2.43. The van der Waals surface area contributed by atoms with Gasteiger partial charge in [0.05, 0.1) is 12.6 Å². The van der Waals surface area contributed by atoms with Crippen molar-refractivity contribution in [1.82, 2.24) is 19.8 Å². The molecule has 2 saturated heterocycles. The van der Waals surface area contributed by atoms with Gasteiger partial charge in [-0.1, -0.05) is 30.3 Å². The van der Waals surface area contributed by atoms with Crippen molar-refractivity contribution in [3.8, 4) is 0 Å². The molecule has 3 heterocycles. The van der Waals surface area contributed by atoms with E-state index in [4.69, 9.17) is 0 Å². The number of β-amino-alcohol motifs (C(OH)–C–C–N with tert-alkyl or cyclic N) is 1. The Hall–Kier alpha value is -2.55. The molecule has 8 nitrogen and oxygen atoms in total. The number of anilines is 1. The Morgan fingerprint density at radius 1 is 1.03 bits per heavy atom. The van der Waals surface area contributed by atoms with Crippen LogP contribution in [0.25, 0.3) is 0 Å². The van der Waals surface area contributed by atoms with E-state index in [0.29, 0.717) is 38.3 Å². The van der Waals surface area contributed by atoms with Gasteiger partial charge in [0.1, 0.15) is 5.60 Å². The molecule has 31 heavy (non-hydrogen) atoms. The monoisotopic (exact) mass is 425 g/mol. The molecule has 2 N–H and O–H groups in total. The largest absolute Gasteiger partial charge is 0.390 e. The number of piperazine rings is 1. The summed E-state index contributed by atoms with van der Waals surface area (Å²) in [6.07, 6.45) is 4.12. The zero-order valence-corrected chi connectivity index (χ0v) is 17.8. The van der Waals surface area contributed by atoms with Gasteiger partial charge in [-0.25, -0.2) is 9.97 Å². The van der Waals surface area contributed by atoms with Gasteiger partial charge in [-0.3, -0.25) is 9.69 Å². The Kier molecular flexibility index (Phi) is 6.80. The zero-order chi connectivity index (χ0) is 21.7. The number of rotatable bonds is 6.